The van der Waals surface area contributed by atoms with Crippen LogP contribution in [0, 0.1) is 0 Å². The molecule has 0 fully saturated rings. The fraction of sp³-hybridized carbons (Fsp3) is 0.333. The monoisotopic (exact) mass is 283 g/mol. The summed E-state index contributed by atoms with van der Waals surface area (Å²) in [6.07, 6.45) is 0.704. The Hall–Kier alpha value is -1.17. The third kappa shape index (κ3) is 3.19. The fourth-order valence-corrected chi connectivity index (χ4v) is 2.62. The van der Waals surface area contributed by atoms with Crippen LogP contribution in [0.25, 0.3) is 10.2 Å². The molecule has 1 heterocycles. The van der Waals surface area contributed by atoms with Gasteiger partial charge in [0.2, 0.25) is 5.91 Å². The molecule has 18 heavy (non-hydrogen) atoms. The molecule has 1 atom stereocenters. The molecule has 0 aliphatic carbocycles. The van der Waals surface area contributed by atoms with Crippen LogP contribution in [0.15, 0.2) is 18.2 Å². The van der Waals surface area contributed by atoms with Gasteiger partial charge in [0.1, 0.15) is 0 Å². The number of amides is 1. The zero-order chi connectivity index (χ0) is 13.1. The van der Waals surface area contributed by atoms with Crippen molar-refractivity contribution < 1.29 is 4.79 Å². The summed E-state index contributed by atoms with van der Waals surface area (Å²) in [7, 11) is 0. The second kappa shape index (κ2) is 5.65. The highest BCUT2D eigenvalue weighted by atomic mass is 35.5. The normalized spacial score (nSPS) is 12.6. The summed E-state index contributed by atoms with van der Waals surface area (Å²) in [4.78, 5) is 15.7. The minimum atomic E-state index is -0.473. The molecule has 0 saturated heterocycles. The lowest BCUT2D eigenvalue weighted by Gasteiger charge is -2.05. The van der Waals surface area contributed by atoms with E-state index in [1.165, 1.54) is 0 Å². The van der Waals surface area contributed by atoms with Gasteiger partial charge in [-0.05, 0) is 25.1 Å². The third-order valence-electron chi connectivity index (χ3n) is 2.45. The maximum atomic E-state index is 11.3. The lowest BCUT2D eigenvalue weighted by atomic mass is 10.3. The van der Waals surface area contributed by atoms with Crippen LogP contribution in [0.3, 0.4) is 0 Å². The maximum absolute atomic E-state index is 11.3. The number of fused-ring (bicyclic) bond motifs is 1. The van der Waals surface area contributed by atoms with Crippen LogP contribution < -0.4 is 11.1 Å². The number of nitrogens with zero attached hydrogens (tertiary/aromatic N) is 1. The maximum Gasteiger partial charge on any atom is 0.236 e. The van der Waals surface area contributed by atoms with Crippen LogP contribution in [-0.2, 0) is 11.2 Å². The standard InChI is InChI=1S/C12H14ClN3OS/c1-7(14)12(17)15-5-4-11-16-9-6-8(13)2-3-10(9)18-11/h2-3,6-7H,4-5,14H2,1H3,(H,15,17)/t7-/m1/s1. The number of nitrogens with one attached hydrogen (secondary N) is 1. The molecule has 6 heteroatoms. The molecule has 0 saturated carbocycles. The van der Waals surface area contributed by atoms with Gasteiger partial charge in [-0.2, -0.15) is 0 Å². The Balaban J connectivity index is 1.98. The Morgan fingerprint density at radius 1 is 1.61 bits per heavy atom. The van der Waals surface area contributed by atoms with Crippen LogP contribution in [0.4, 0.5) is 0 Å². The second-order valence-electron chi connectivity index (χ2n) is 4.05. The number of halogens is 1. The topological polar surface area (TPSA) is 68.0 Å². The number of hydrogen-bond acceptors (Lipinski definition) is 4. The predicted molar refractivity (Wildman–Crippen MR) is 75.0 cm³/mol. The number of nitrogens with two attached hydrogens (primary N) is 1. The van der Waals surface area contributed by atoms with Gasteiger partial charge >= 0.3 is 0 Å². The first kappa shape index (κ1) is 13.3. The van der Waals surface area contributed by atoms with Crippen molar-refractivity contribution in [1.82, 2.24) is 10.3 Å². The highest BCUT2D eigenvalue weighted by Crippen LogP contribution is 2.24. The molecule has 0 spiro atoms. The van der Waals surface area contributed by atoms with E-state index in [0.717, 1.165) is 15.2 Å². The van der Waals surface area contributed by atoms with Gasteiger partial charge in [0, 0.05) is 18.0 Å². The summed E-state index contributed by atoms with van der Waals surface area (Å²) >= 11 is 7.52. The van der Waals surface area contributed by atoms with Crippen molar-refractivity contribution in [2.75, 3.05) is 6.54 Å². The van der Waals surface area contributed by atoms with Crippen LogP contribution in [-0.4, -0.2) is 23.5 Å². The van der Waals surface area contributed by atoms with Gasteiger partial charge in [-0.15, -0.1) is 11.3 Å². The molecule has 2 rings (SSSR count). The second-order valence-corrected chi connectivity index (χ2v) is 5.60. The number of rotatable bonds is 4. The molecule has 1 aromatic carbocycles. The van der Waals surface area contributed by atoms with Crippen molar-refractivity contribution in [1.29, 1.82) is 0 Å². The average molecular weight is 284 g/mol. The van der Waals surface area contributed by atoms with E-state index in [-0.39, 0.29) is 5.91 Å². The molecule has 0 aliphatic rings. The number of hydrogen-bond donors (Lipinski definition) is 2. The Bertz CT molecular complexity index is 567. The number of benzene rings is 1. The van der Waals surface area contributed by atoms with E-state index in [2.05, 4.69) is 10.3 Å². The summed E-state index contributed by atoms with van der Waals surface area (Å²) in [5.41, 5.74) is 6.36. The number of thiazole rings is 1. The number of carbonyl (C=O) groups excluding carboxylic acids is 1. The zero-order valence-electron chi connectivity index (χ0n) is 9.94. The van der Waals surface area contributed by atoms with E-state index in [1.54, 1.807) is 18.3 Å². The van der Waals surface area contributed by atoms with Crippen molar-refractivity contribution in [3.63, 3.8) is 0 Å². The van der Waals surface area contributed by atoms with Gasteiger partial charge in [-0.25, -0.2) is 4.98 Å². The SMILES string of the molecule is C[C@@H](N)C(=O)NCCc1nc2cc(Cl)ccc2s1. The molecule has 2 aromatic rings. The fourth-order valence-electron chi connectivity index (χ4n) is 1.51. The Kier molecular flexibility index (Phi) is 4.16. The largest absolute Gasteiger partial charge is 0.354 e. The van der Waals surface area contributed by atoms with Gasteiger partial charge in [0.25, 0.3) is 0 Å². The summed E-state index contributed by atoms with van der Waals surface area (Å²) in [6, 6.07) is 5.18. The lowest BCUT2D eigenvalue weighted by molar-refractivity contribution is -0.121. The van der Waals surface area contributed by atoms with Crippen molar-refractivity contribution in [3.8, 4) is 0 Å². The molecular weight excluding hydrogens is 270 g/mol. The molecule has 96 valence electrons. The van der Waals surface area contributed by atoms with Gasteiger partial charge in [0.15, 0.2) is 0 Å². The van der Waals surface area contributed by atoms with Gasteiger partial charge in [-0.1, -0.05) is 11.6 Å². The van der Waals surface area contributed by atoms with E-state index < -0.39 is 6.04 Å². The summed E-state index contributed by atoms with van der Waals surface area (Å²) < 4.78 is 1.10. The van der Waals surface area contributed by atoms with Crippen molar-refractivity contribution in [2.24, 2.45) is 5.73 Å². The minimum absolute atomic E-state index is 0.140. The quantitative estimate of drug-likeness (QED) is 0.901. The van der Waals surface area contributed by atoms with Crippen molar-refractivity contribution in [2.45, 2.75) is 19.4 Å². The van der Waals surface area contributed by atoms with Crippen LogP contribution >= 0.6 is 22.9 Å². The molecule has 0 radical (unpaired) electrons. The molecule has 0 unspecified atom stereocenters. The summed E-state index contributed by atoms with van der Waals surface area (Å²) in [5, 5.41) is 4.43. The van der Waals surface area contributed by atoms with Crippen molar-refractivity contribution in [3.05, 3.63) is 28.2 Å². The zero-order valence-corrected chi connectivity index (χ0v) is 11.5. The van der Waals surface area contributed by atoms with Gasteiger partial charge in [0.05, 0.1) is 21.3 Å². The molecule has 0 bridgehead atoms. The van der Waals surface area contributed by atoms with Crippen LogP contribution in [0.1, 0.15) is 11.9 Å². The minimum Gasteiger partial charge on any atom is -0.354 e. The molecule has 1 amide bonds. The van der Waals surface area contributed by atoms with E-state index in [4.69, 9.17) is 17.3 Å². The molecule has 0 aliphatic heterocycles. The van der Waals surface area contributed by atoms with E-state index in [1.807, 2.05) is 18.2 Å². The number of carbonyl (C=O) groups is 1. The molecular formula is C12H14ClN3OS. The average Bonchev–Trinajstić information content (AvgIpc) is 2.70. The Labute approximate surface area is 114 Å². The van der Waals surface area contributed by atoms with Gasteiger partial charge < -0.3 is 11.1 Å². The molecule has 3 N–H and O–H groups in total. The number of aromatic nitrogens is 1. The first-order chi connectivity index (χ1) is 8.56. The van der Waals surface area contributed by atoms with E-state index in [0.29, 0.717) is 18.0 Å². The third-order valence-corrected chi connectivity index (χ3v) is 3.78. The first-order valence-electron chi connectivity index (χ1n) is 5.64. The van der Waals surface area contributed by atoms with Gasteiger partial charge in [-0.3, -0.25) is 4.79 Å². The van der Waals surface area contributed by atoms with E-state index in [9.17, 15) is 4.79 Å². The Morgan fingerprint density at radius 3 is 3.11 bits per heavy atom. The van der Waals surface area contributed by atoms with Crippen LogP contribution in [0.5, 0.6) is 0 Å². The summed E-state index contributed by atoms with van der Waals surface area (Å²) in [6.45, 7) is 2.21. The first-order valence-corrected chi connectivity index (χ1v) is 6.84. The molecule has 4 nitrogen and oxygen atoms in total. The Morgan fingerprint density at radius 2 is 2.39 bits per heavy atom. The highest BCUT2D eigenvalue weighted by molar-refractivity contribution is 7.18. The lowest BCUT2D eigenvalue weighted by Crippen LogP contribution is -2.39. The predicted octanol–water partition coefficient (Wildman–Crippen LogP) is 1.96. The van der Waals surface area contributed by atoms with E-state index >= 15 is 0 Å². The summed E-state index contributed by atoms with van der Waals surface area (Å²) in [5.74, 6) is -0.140. The molecule has 1 aromatic heterocycles. The van der Waals surface area contributed by atoms with Crippen LogP contribution in [0.2, 0.25) is 5.02 Å². The highest BCUT2D eigenvalue weighted by Gasteiger charge is 2.08. The smallest absolute Gasteiger partial charge is 0.236 e. The van der Waals surface area contributed by atoms with Crippen molar-refractivity contribution >= 4 is 39.1 Å².